The lowest BCUT2D eigenvalue weighted by atomic mass is 9.97. The highest BCUT2D eigenvalue weighted by Gasteiger charge is 2.06. The highest BCUT2D eigenvalue weighted by molar-refractivity contribution is 5.68. The van der Waals surface area contributed by atoms with Crippen molar-refractivity contribution in [2.45, 2.75) is 19.8 Å². The van der Waals surface area contributed by atoms with Crippen LogP contribution in [-0.2, 0) is 19.9 Å². The van der Waals surface area contributed by atoms with Gasteiger partial charge in [0.2, 0.25) is 5.95 Å². The molecule has 2 aromatic carbocycles. The van der Waals surface area contributed by atoms with Crippen LogP contribution < -0.4 is 11.3 Å². The summed E-state index contributed by atoms with van der Waals surface area (Å²) in [5.74, 6) is 0.502. The SMILES string of the molecule is Cc1cc(O)ccc1-c1cccc(CCc2cc(=O)n(C)c(N)n2)c1. The molecule has 0 aliphatic rings. The molecule has 5 heteroatoms. The number of benzene rings is 2. The summed E-state index contributed by atoms with van der Waals surface area (Å²) in [4.78, 5) is 16.1. The molecule has 3 N–H and O–H groups in total. The highest BCUT2D eigenvalue weighted by Crippen LogP contribution is 2.27. The van der Waals surface area contributed by atoms with E-state index in [0.29, 0.717) is 12.1 Å². The van der Waals surface area contributed by atoms with Crippen LogP contribution in [0.25, 0.3) is 11.1 Å². The molecule has 25 heavy (non-hydrogen) atoms. The molecule has 0 saturated carbocycles. The summed E-state index contributed by atoms with van der Waals surface area (Å²) in [5, 5.41) is 9.57. The summed E-state index contributed by atoms with van der Waals surface area (Å²) in [5.41, 5.74) is 10.7. The monoisotopic (exact) mass is 335 g/mol. The average molecular weight is 335 g/mol. The Kier molecular flexibility index (Phi) is 4.57. The Labute approximate surface area is 146 Å². The van der Waals surface area contributed by atoms with Crippen LogP contribution in [0.2, 0.25) is 0 Å². The van der Waals surface area contributed by atoms with Gasteiger partial charge in [-0.05, 0) is 54.2 Å². The van der Waals surface area contributed by atoms with E-state index in [4.69, 9.17) is 5.73 Å². The molecule has 0 fully saturated rings. The van der Waals surface area contributed by atoms with Crippen molar-refractivity contribution in [1.82, 2.24) is 9.55 Å². The van der Waals surface area contributed by atoms with Crippen LogP contribution in [-0.4, -0.2) is 14.7 Å². The minimum atomic E-state index is -0.143. The van der Waals surface area contributed by atoms with Crippen molar-refractivity contribution < 1.29 is 5.11 Å². The Morgan fingerprint density at radius 1 is 1.12 bits per heavy atom. The first-order chi connectivity index (χ1) is 11.9. The first kappa shape index (κ1) is 16.8. The second kappa shape index (κ2) is 6.81. The standard InChI is InChI=1S/C20H21N3O2/c1-13-10-17(24)8-9-18(13)15-5-3-4-14(11-15)6-7-16-12-19(25)23(2)20(21)22-16/h3-5,8-12,24H,6-7H2,1-2H3,(H2,21,22). The number of aromatic nitrogens is 2. The van der Waals surface area contributed by atoms with Crippen molar-refractivity contribution in [1.29, 1.82) is 0 Å². The number of anilines is 1. The highest BCUT2D eigenvalue weighted by atomic mass is 16.3. The quantitative estimate of drug-likeness (QED) is 0.768. The van der Waals surface area contributed by atoms with Gasteiger partial charge in [-0.2, -0.15) is 0 Å². The number of aryl methyl sites for hydroxylation is 3. The number of nitrogens with zero attached hydrogens (tertiary/aromatic N) is 2. The van der Waals surface area contributed by atoms with Gasteiger partial charge in [0.25, 0.3) is 5.56 Å². The van der Waals surface area contributed by atoms with Crippen molar-refractivity contribution in [2.24, 2.45) is 7.05 Å². The molecule has 3 aromatic rings. The van der Waals surface area contributed by atoms with Crippen molar-refractivity contribution in [3.05, 3.63) is 75.7 Å². The summed E-state index contributed by atoms with van der Waals surface area (Å²) >= 11 is 0. The van der Waals surface area contributed by atoms with Gasteiger partial charge in [-0.25, -0.2) is 4.98 Å². The topological polar surface area (TPSA) is 81.1 Å². The first-order valence-corrected chi connectivity index (χ1v) is 8.15. The fourth-order valence-corrected chi connectivity index (χ4v) is 2.87. The van der Waals surface area contributed by atoms with E-state index in [-0.39, 0.29) is 17.3 Å². The Bertz CT molecular complexity index is 977. The molecule has 0 bridgehead atoms. The molecule has 0 unspecified atom stereocenters. The van der Waals surface area contributed by atoms with Gasteiger partial charge in [-0.3, -0.25) is 9.36 Å². The van der Waals surface area contributed by atoms with E-state index in [0.717, 1.165) is 28.7 Å². The van der Waals surface area contributed by atoms with E-state index in [2.05, 4.69) is 23.2 Å². The fourth-order valence-electron chi connectivity index (χ4n) is 2.87. The summed E-state index contributed by atoms with van der Waals surface area (Å²) in [6.07, 6.45) is 1.42. The van der Waals surface area contributed by atoms with E-state index < -0.39 is 0 Å². The predicted molar refractivity (Wildman–Crippen MR) is 99.6 cm³/mol. The van der Waals surface area contributed by atoms with E-state index in [1.54, 1.807) is 19.2 Å². The van der Waals surface area contributed by atoms with Crippen LogP contribution in [0, 0.1) is 6.92 Å². The molecule has 128 valence electrons. The van der Waals surface area contributed by atoms with Gasteiger partial charge in [-0.15, -0.1) is 0 Å². The second-order valence-corrected chi connectivity index (χ2v) is 6.20. The number of rotatable bonds is 4. The van der Waals surface area contributed by atoms with Crippen LogP contribution in [0.1, 0.15) is 16.8 Å². The van der Waals surface area contributed by atoms with E-state index in [9.17, 15) is 9.90 Å². The van der Waals surface area contributed by atoms with Crippen LogP contribution >= 0.6 is 0 Å². The van der Waals surface area contributed by atoms with Gasteiger partial charge in [0.05, 0.1) is 5.69 Å². The van der Waals surface area contributed by atoms with Crippen molar-refractivity contribution in [3.63, 3.8) is 0 Å². The van der Waals surface area contributed by atoms with E-state index in [1.807, 2.05) is 19.1 Å². The van der Waals surface area contributed by atoms with Crippen LogP contribution in [0.15, 0.2) is 53.3 Å². The number of hydrogen-bond acceptors (Lipinski definition) is 4. The number of phenolic OH excluding ortho intramolecular Hbond substituents is 1. The maximum absolute atomic E-state index is 11.8. The predicted octanol–water partition coefficient (Wildman–Crippen LogP) is 2.83. The maximum Gasteiger partial charge on any atom is 0.254 e. The lowest BCUT2D eigenvalue weighted by molar-refractivity contribution is 0.475. The molecule has 1 heterocycles. The molecule has 3 rings (SSSR count). The normalized spacial score (nSPS) is 10.8. The second-order valence-electron chi connectivity index (χ2n) is 6.20. The van der Waals surface area contributed by atoms with Gasteiger partial charge in [-0.1, -0.05) is 30.3 Å². The molecule has 0 radical (unpaired) electrons. The number of hydrogen-bond donors (Lipinski definition) is 2. The molecule has 0 amide bonds. The first-order valence-electron chi connectivity index (χ1n) is 8.15. The molecule has 0 aliphatic carbocycles. The van der Waals surface area contributed by atoms with Gasteiger partial charge < -0.3 is 10.8 Å². The minimum Gasteiger partial charge on any atom is -0.508 e. The zero-order valence-corrected chi connectivity index (χ0v) is 14.4. The molecular weight excluding hydrogens is 314 g/mol. The molecule has 0 spiro atoms. The zero-order chi connectivity index (χ0) is 18.0. The third-order valence-corrected chi connectivity index (χ3v) is 4.34. The summed E-state index contributed by atoms with van der Waals surface area (Å²) in [7, 11) is 1.61. The van der Waals surface area contributed by atoms with Crippen molar-refractivity contribution >= 4 is 5.95 Å². The van der Waals surface area contributed by atoms with E-state index in [1.165, 1.54) is 10.6 Å². The maximum atomic E-state index is 11.8. The third kappa shape index (κ3) is 3.71. The zero-order valence-electron chi connectivity index (χ0n) is 14.4. The molecule has 0 atom stereocenters. The van der Waals surface area contributed by atoms with E-state index >= 15 is 0 Å². The lowest BCUT2D eigenvalue weighted by Gasteiger charge is -2.09. The Morgan fingerprint density at radius 2 is 1.92 bits per heavy atom. The largest absolute Gasteiger partial charge is 0.508 e. The number of aromatic hydroxyl groups is 1. The molecule has 5 nitrogen and oxygen atoms in total. The van der Waals surface area contributed by atoms with Gasteiger partial charge in [0.1, 0.15) is 5.75 Å². The molecule has 0 aliphatic heterocycles. The molecular formula is C20H21N3O2. The molecule has 0 saturated heterocycles. The summed E-state index contributed by atoms with van der Waals surface area (Å²) in [6.45, 7) is 1.98. The number of phenols is 1. The Morgan fingerprint density at radius 3 is 2.64 bits per heavy atom. The third-order valence-electron chi connectivity index (χ3n) is 4.34. The number of nitrogens with two attached hydrogens (primary N) is 1. The lowest BCUT2D eigenvalue weighted by Crippen LogP contribution is -2.21. The van der Waals surface area contributed by atoms with Crippen LogP contribution in [0.3, 0.4) is 0 Å². The summed E-state index contributed by atoms with van der Waals surface area (Å²) < 4.78 is 1.33. The van der Waals surface area contributed by atoms with Gasteiger partial charge in [0.15, 0.2) is 0 Å². The average Bonchev–Trinajstić information content (AvgIpc) is 2.58. The van der Waals surface area contributed by atoms with Crippen LogP contribution in [0.4, 0.5) is 5.95 Å². The Balaban J connectivity index is 1.82. The van der Waals surface area contributed by atoms with Crippen LogP contribution in [0.5, 0.6) is 5.75 Å². The minimum absolute atomic E-state index is 0.143. The Hall–Kier alpha value is -3.08. The fraction of sp³-hybridized carbons (Fsp3) is 0.200. The smallest absolute Gasteiger partial charge is 0.254 e. The van der Waals surface area contributed by atoms with Crippen molar-refractivity contribution in [2.75, 3.05) is 5.73 Å². The van der Waals surface area contributed by atoms with Crippen molar-refractivity contribution in [3.8, 4) is 16.9 Å². The molecule has 1 aromatic heterocycles. The summed E-state index contributed by atoms with van der Waals surface area (Å²) in [6, 6.07) is 15.2. The van der Waals surface area contributed by atoms with Gasteiger partial charge >= 0.3 is 0 Å². The van der Waals surface area contributed by atoms with Gasteiger partial charge in [0, 0.05) is 13.1 Å². The number of nitrogen functional groups attached to an aromatic ring is 1.